The Labute approximate surface area is 153 Å². The van der Waals surface area contributed by atoms with Gasteiger partial charge in [0.15, 0.2) is 17.8 Å². The van der Waals surface area contributed by atoms with Gasteiger partial charge in [0.05, 0.1) is 19.2 Å². The third kappa shape index (κ3) is 4.20. The third-order valence-electron chi connectivity index (χ3n) is 4.38. The summed E-state index contributed by atoms with van der Waals surface area (Å²) in [5, 5.41) is 4.52. The lowest BCUT2D eigenvalue weighted by molar-refractivity contribution is -0.101. The van der Waals surface area contributed by atoms with E-state index in [-0.39, 0.29) is 6.29 Å². The van der Waals surface area contributed by atoms with Crippen molar-refractivity contribution in [3.05, 3.63) is 59.5 Å². The number of aryl methyl sites for hydroxylation is 1. The summed E-state index contributed by atoms with van der Waals surface area (Å²) < 4.78 is 18.2. The molecule has 0 bridgehead atoms. The average molecular weight is 355 g/mol. The van der Waals surface area contributed by atoms with Crippen LogP contribution in [0.2, 0.25) is 0 Å². The van der Waals surface area contributed by atoms with Crippen molar-refractivity contribution < 1.29 is 14.2 Å². The van der Waals surface area contributed by atoms with E-state index in [1.807, 2.05) is 37.4 Å². The molecule has 0 aliphatic carbocycles. The number of hydrogen-bond acceptors (Lipinski definition) is 5. The molecular formula is C20H25N3O3. The van der Waals surface area contributed by atoms with Crippen molar-refractivity contribution in [1.82, 2.24) is 14.6 Å². The molecule has 0 aliphatic rings. The number of methoxy groups -OCH3 is 2. The normalized spacial score (nSPS) is 12.7. The van der Waals surface area contributed by atoms with E-state index >= 15 is 0 Å². The molecule has 138 valence electrons. The molecule has 0 saturated carbocycles. The van der Waals surface area contributed by atoms with Crippen molar-refractivity contribution in [2.45, 2.75) is 32.5 Å². The minimum atomic E-state index is -0.352. The smallest absolute Gasteiger partial charge is 0.163 e. The molecule has 0 radical (unpaired) electrons. The zero-order valence-electron chi connectivity index (χ0n) is 15.7. The summed E-state index contributed by atoms with van der Waals surface area (Å²) in [6, 6.07) is 12.4. The second-order valence-electron chi connectivity index (χ2n) is 6.38. The van der Waals surface area contributed by atoms with Gasteiger partial charge in [-0.15, -0.1) is 0 Å². The number of ether oxygens (including phenoxy) is 3. The molecule has 2 aromatic heterocycles. The Kier molecular flexibility index (Phi) is 5.85. The molecule has 0 spiro atoms. The molecule has 6 nitrogen and oxygen atoms in total. The van der Waals surface area contributed by atoms with Crippen LogP contribution < -0.4 is 4.74 Å². The number of pyridine rings is 1. The Morgan fingerprint density at radius 3 is 2.54 bits per heavy atom. The standard InChI is InChI=1S/C20H25N3O3/c1-14-10-17(26-13-15(2)16-8-6-5-7-9-16)12-23-20(14)21-18(22-23)11-19(24-3)25-4/h5-10,12,15,19H,11,13H2,1-4H3. The molecule has 26 heavy (non-hydrogen) atoms. The quantitative estimate of drug-likeness (QED) is 0.580. The maximum atomic E-state index is 6.01. The number of nitrogens with zero attached hydrogens (tertiary/aromatic N) is 3. The molecule has 0 N–H and O–H groups in total. The van der Waals surface area contributed by atoms with Gasteiger partial charge in [0, 0.05) is 20.1 Å². The third-order valence-corrected chi connectivity index (χ3v) is 4.38. The Balaban J connectivity index is 1.73. The Bertz CT molecular complexity index is 844. The molecule has 0 aliphatic heterocycles. The van der Waals surface area contributed by atoms with Crippen LogP contribution >= 0.6 is 0 Å². The minimum absolute atomic E-state index is 0.308. The van der Waals surface area contributed by atoms with Gasteiger partial charge in [0.1, 0.15) is 5.75 Å². The molecule has 0 fully saturated rings. The molecular weight excluding hydrogens is 330 g/mol. The fourth-order valence-electron chi connectivity index (χ4n) is 2.84. The van der Waals surface area contributed by atoms with Gasteiger partial charge in [0.25, 0.3) is 0 Å². The SMILES string of the molecule is COC(Cc1nc2c(C)cc(OCC(C)c3ccccc3)cn2n1)OC. The van der Waals surface area contributed by atoms with Crippen LogP contribution in [0.4, 0.5) is 0 Å². The highest BCUT2D eigenvalue weighted by Crippen LogP contribution is 2.21. The van der Waals surface area contributed by atoms with Crippen molar-refractivity contribution in [2.75, 3.05) is 20.8 Å². The lowest BCUT2D eigenvalue weighted by Gasteiger charge is -2.14. The highest BCUT2D eigenvalue weighted by Gasteiger charge is 2.14. The second kappa shape index (κ2) is 8.29. The van der Waals surface area contributed by atoms with Crippen LogP contribution in [0.1, 0.15) is 29.8 Å². The topological polar surface area (TPSA) is 57.9 Å². The van der Waals surface area contributed by atoms with Crippen molar-refractivity contribution in [1.29, 1.82) is 0 Å². The number of fused-ring (bicyclic) bond motifs is 1. The lowest BCUT2D eigenvalue weighted by atomic mass is 10.0. The second-order valence-corrected chi connectivity index (χ2v) is 6.38. The predicted octanol–water partition coefficient (Wildman–Crippen LogP) is 3.38. The van der Waals surface area contributed by atoms with Crippen molar-refractivity contribution in [3.63, 3.8) is 0 Å². The van der Waals surface area contributed by atoms with Crippen molar-refractivity contribution in [2.24, 2.45) is 0 Å². The molecule has 2 heterocycles. The van der Waals surface area contributed by atoms with E-state index in [4.69, 9.17) is 14.2 Å². The predicted molar refractivity (Wildman–Crippen MR) is 99.6 cm³/mol. The zero-order chi connectivity index (χ0) is 18.5. The largest absolute Gasteiger partial charge is 0.491 e. The van der Waals surface area contributed by atoms with Crippen molar-refractivity contribution in [3.8, 4) is 5.75 Å². The van der Waals surface area contributed by atoms with E-state index in [0.29, 0.717) is 24.8 Å². The van der Waals surface area contributed by atoms with E-state index in [1.54, 1.807) is 18.7 Å². The summed E-state index contributed by atoms with van der Waals surface area (Å²) in [7, 11) is 3.21. The van der Waals surface area contributed by atoms with Crippen LogP contribution in [0.5, 0.6) is 5.75 Å². The van der Waals surface area contributed by atoms with Gasteiger partial charge in [0.2, 0.25) is 0 Å². The van der Waals surface area contributed by atoms with E-state index in [9.17, 15) is 0 Å². The van der Waals surface area contributed by atoms with E-state index in [0.717, 1.165) is 17.0 Å². The Hall–Kier alpha value is -2.44. The monoisotopic (exact) mass is 355 g/mol. The summed E-state index contributed by atoms with van der Waals surface area (Å²) >= 11 is 0. The Morgan fingerprint density at radius 1 is 1.12 bits per heavy atom. The van der Waals surface area contributed by atoms with Crippen LogP contribution in [0.3, 0.4) is 0 Å². The average Bonchev–Trinajstić information content (AvgIpc) is 3.08. The van der Waals surface area contributed by atoms with Gasteiger partial charge < -0.3 is 14.2 Å². The minimum Gasteiger partial charge on any atom is -0.491 e. The van der Waals surface area contributed by atoms with Crippen LogP contribution in [-0.2, 0) is 15.9 Å². The first-order valence-corrected chi connectivity index (χ1v) is 8.70. The molecule has 3 rings (SSSR count). The van der Waals surface area contributed by atoms with Gasteiger partial charge in [-0.2, -0.15) is 5.10 Å². The molecule has 3 aromatic rings. The molecule has 1 aromatic carbocycles. The highest BCUT2D eigenvalue weighted by molar-refractivity contribution is 5.49. The van der Waals surface area contributed by atoms with Crippen LogP contribution in [0, 0.1) is 6.92 Å². The maximum absolute atomic E-state index is 6.01. The fraction of sp³-hybridized carbons (Fsp3) is 0.400. The first-order valence-electron chi connectivity index (χ1n) is 8.70. The number of benzene rings is 1. The van der Waals surface area contributed by atoms with Gasteiger partial charge in [-0.05, 0) is 24.1 Å². The summed E-state index contributed by atoms with van der Waals surface area (Å²) in [6.07, 6.45) is 2.01. The maximum Gasteiger partial charge on any atom is 0.163 e. The van der Waals surface area contributed by atoms with Gasteiger partial charge in [-0.3, -0.25) is 0 Å². The molecule has 0 amide bonds. The van der Waals surface area contributed by atoms with E-state index in [2.05, 4.69) is 29.1 Å². The molecule has 6 heteroatoms. The highest BCUT2D eigenvalue weighted by atomic mass is 16.7. The first kappa shape index (κ1) is 18.4. The van der Waals surface area contributed by atoms with Gasteiger partial charge in [-0.25, -0.2) is 9.50 Å². The summed E-state index contributed by atoms with van der Waals surface area (Å²) in [6.45, 7) is 4.77. The lowest BCUT2D eigenvalue weighted by Crippen LogP contribution is -2.16. The van der Waals surface area contributed by atoms with Crippen LogP contribution in [-0.4, -0.2) is 41.7 Å². The summed E-state index contributed by atoms with van der Waals surface area (Å²) in [4.78, 5) is 4.57. The number of aromatic nitrogens is 3. The number of rotatable bonds is 8. The fourth-order valence-corrected chi connectivity index (χ4v) is 2.84. The van der Waals surface area contributed by atoms with Crippen LogP contribution in [0.25, 0.3) is 5.65 Å². The number of hydrogen-bond donors (Lipinski definition) is 0. The summed E-state index contributed by atoms with van der Waals surface area (Å²) in [5.41, 5.74) is 3.09. The molecule has 1 atom stereocenters. The molecule has 0 saturated heterocycles. The van der Waals surface area contributed by atoms with E-state index < -0.39 is 0 Å². The zero-order valence-corrected chi connectivity index (χ0v) is 15.7. The Morgan fingerprint density at radius 2 is 1.85 bits per heavy atom. The summed E-state index contributed by atoms with van der Waals surface area (Å²) in [5.74, 6) is 1.77. The van der Waals surface area contributed by atoms with Crippen LogP contribution in [0.15, 0.2) is 42.6 Å². The van der Waals surface area contributed by atoms with Crippen molar-refractivity contribution >= 4 is 5.65 Å². The molecule has 1 unspecified atom stereocenters. The first-order chi connectivity index (χ1) is 12.6. The van der Waals surface area contributed by atoms with Gasteiger partial charge >= 0.3 is 0 Å². The van der Waals surface area contributed by atoms with E-state index in [1.165, 1.54) is 5.56 Å². The van der Waals surface area contributed by atoms with Gasteiger partial charge in [-0.1, -0.05) is 37.3 Å².